The first kappa shape index (κ1) is 23.0. The molecule has 1 aromatic carbocycles. The van der Waals surface area contributed by atoms with Crippen LogP contribution in [0.5, 0.6) is 0 Å². The Hall–Kier alpha value is -1.21. The number of hydrogen-bond acceptors (Lipinski definition) is 1. The molecule has 0 nitrogen and oxygen atoms in total. The van der Waals surface area contributed by atoms with Gasteiger partial charge in [-0.2, -0.15) is 0 Å². The van der Waals surface area contributed by atoms with Gasteiger partial charge >= 0.3 is 0 Å². The quantitative estimate of drug-likeness (QED) is 0.304. The summed E-state index contributed by atoms with van der Waals surface area (Å²) in [5.41, 5.74) is 5.21. The predicted octanol–water partition coefficient (Wildman–Crippen LogP) is 9.39. The maximum atomic E-state index is 4.33. The summed E-state index contributed by atoms with van der Waals surface area (Å²) < 4.78 is 0. The van der Waals surface area contributed by atoms with E-state index >= 15 is 0 Å². The highest BCUT2D eigenvalue weighted by Gasteiger charge is 2.50. The molecule has 3 saturated carbocycles. The monoisotopic (exact) mass is 434 g/mol. The molecule has 0 radical (unpaired) electrons. The summed E-state index contributed by atoms with van der Waals surface area (Å²) in [7, 11) is 0. The molecule has 31 heavy (non-hydrogen) atoms. The average molecular weight is 435 g/mol. The molecule has 3 aliphatic carbocycles. The molecular weight excluding hydrogens is 392 g/mol. The second-order valence-electron chi connectivity index (χ2n) is 10.6. The van der Waals surface area contributed by atoms with Crippen LogP contribution in [0.1, 0.15) is 84.5 Å². The fourth-order valence-corrected chi connectivity index (χ4v) is 7.82. The van der Waals surface area contributed by atoms with Crippen molar-refractivity contribution in [2.75, 3.05) is 5.75 Å². The van der Waals surface area contributed by atoms with Gasteiger partial charge in [0.25, 0.3) is 0 Å². The van der Waals surface area contributed by atoms with Crippen LogP contribution in [0.25, 0.3) is 0 Å². The van der Waals surface area contributed by atoms with E-state index in [0.29, 0.717) is 5.41 Å². The molecule has 0 N–H and O–H groups in total. The summed E-state index contributed by atoms with van der Waals surface area (Å²) in [6, 6.07) is 10.9. The molecular formula is C30H42S. The molecule has 4 unspecified atom stereocenters. The summed E-state index contributed by atoms with van der Waals surface area (Å²) in [5.74, 6) is 3.83. The van der Waals surface area contributed by atoms with Crippen LogP contribution in [-0.2, 0) is 0 Å². The van der Waals surface area contributed by atoms with Crippen LogP contribution in [0.3, 0.4) is 0 Å². The topological polar surface area (TPSA) is 0 Å². The van der Waals surface area contributed by atoms with Crippen molar-refractivity contribution in [2.45, 2.75) is 89.4 Å². The highest BCUT2D eigenvalue weighted by Crippen LogP contribution is 2.59. The van der Waals surface area contributed by atoms with Gasteiger partial charge in [0, 0.05) is 4.90 Å². The molecule has 168 valence electrons. The maximum Gasteiger partial charge on any atom is 0.00719 e. The molecule has 0 spiro atoms. The van der Waals surface area contributed by atoms with Crippen molar-refractivity contribution in [3.8, 4) is 0 Å². The smallest absolute Gasteiger partial charge is 0.00719 e. The molecule has 0 amide bonds. The van der Waals surface area contributed by atoms with Crippen LogP contribution in [0, 0.1) is 23.2 Å². The van der Waals surface area contributed by atoms with Crippen molar-refractivity contribution >= 4 is 11.8 Å². The van der Waals surface area contributed by atoms with Crippen LogP contribution >= 0.6 is 11.8 Å². The van der Waals surface area contributed by atoms with E-state index in [4.69, 9.17) is 0 Å². The predicted molar refractivity (Wildman–Crippen MR) is 138 cm³/mol. The molecule has 0 bridgehead atoms. The lowest BCUT2D eigenvalue weighted by Gasteiger charge is -2.44. The first-order chi connectivity index (χ1) is 15.1. The van der Waals surface area contributed by atoms with Crippen LogP contribution in [-0.4, -0.2) is 5.75 Å². The number of fused-ring (bicyclic) bond motifs is 1. The van der Waals surface area contributed by atoms with E-state index in [9.17, 15) is 0 Å². The van der Waals surface area contributed by atoms with Gasteiger partial charge < -0.3 is 0 Å². The van der Waals surface area contributed by atoms with Gasteiger partial charge in [0.05, 0.1) is 0 Å². The zero-order valence-electron chi connectivity index (χ0n) is 19.9. The van der Waals surface area contributed by atoms with Crippen molar-refractivity contribution in [3.63, 3.8) is 0 Å². The van der Waals surface area contributed by atoms with Gasteiger partial charge in [-0.3, -0.25) is 0 Å². The first-order valence-electron chi connectivity index (χ1n) is 12.8. The highest BCUT2D eigenvalue weighted by molar-refractivity contribution is 7.99. The Morgan fingerprint density at radius 1 is 1.06 bits per heavy atom. The maximum absolute atomic E-state index is 4.33. The van der Waals surface area contributed by atoms with Crippen molar-refractivity contribution in [2.24, 2.45) is 23.2 Å². The van der Waals surface area contributed by atoms with Gasteiger partial charge in [-0.05, 0) is 117 Å². The van der Waals surface area contributed by atoms with E-state index in [1.54, 1.807) is 5.57 Å². The molecule has 1 aromatic rings. The van der Waals surface area contributed by atoms with Gasteiger partial charge in [0.1, 0.15) is 0 Å². The summed E-state index contributed by atoms with van der Waals surface area (Å²) in [5, 5.41) is 0. The molecule has 3 fully saturated rings. The van der Waals surface area contributed by atoms with Crippen molar-refractivity contribution in [1.29, 1.82) is 0 Å². The molecule has 0 heterocycles. The lowest BCUT2D eigenvalue weighted by Crippen LogP contribution is -2.36. The van der Waals surface area contributed by atoms with Gasteiger partial charge in [-0.1, -0.05) is 61.9 Å². The SMILES string of the molecule is C=C1CCCC/C1=C/C=C1\CCCC2(C)C1CCC2C(C)CCCSc1ccccc1. The lowest BCUT2D eigenvalue weighted by atomic mass is 9.61. The van der Waals surface area contributed by atoms with Crippen molar-refractivity contribution in [1.82, 2.24) is 0 Å². The van der Waals surface area contributed by atoms with Crippen molar-refractivity contribution < 1.29 is 0 Å². The molecule has 0 aliphatic heterocycles. The fraction of sp³-hybridized carbons (Fsp3) is 0.600. The number of rotatable bonds is 7. The zero-order chi connectivity index (χ0) is 21.7. The fourth-order valence-electron chi connectivity index (χ4n) is 6.93. The Balaban J connectivity index is 1.35. The number of benzene rings is 1. The zero-order valence-corrected chi connectivity index (χ0v) is 20.7. The minimum absolute atomic E-state index is 0.526. The summed E-state index contributed by atoms with van der Waals surface area (Å²) in [6.45, 7) is 9.53. The van der Waals surface area contributed by atoms with Crippen LogP contribution < -0.4 is 0 Å². The van der Waals surface area contributed by atoms with E-state index in [-0.39, 0.29) is 0 Å². The van der Waals surface area contributed by atoms with Gasteiger partial charge in [-0.15, -0.1) is 11.8 Å². The molecule has 0 saturated heterocycles. The highest BCUT2D eigenvalue weighted by atomic mass is 32.2. The summed E-state index contributed by atoms with van der Waals surface area (Å²) in [4.78, 5) is 1.42. The Bertz CT molecular complexity index is 801. The second-order valence-corrected chi connectivity index (χ2v) is 11.8. The van der Waals surface area contributed by atoms with E-state index in [1.807, 2.05) is 11.8 Å². The van der Waals surface area contributed by atoms with E-state index in [0.717, 1.165) is 17.8 Å². The Morgan fingerprint density at radius 2 is 1.87 bits per heavy atom. The minimum atomic E-state index is 0.526. The van der Waals surface area contributed by atoms with E-state index in [1.165, 1.54) is 92.4 Å². The standard InChI is InChI=1S/C30H42S/c1-23-11-7-8-13-25(23)17-18-26-14-9-21-30(3)28(19-20-29(26)30)24(2)12-10-22-31-27-15-5-4-6-16-27/h4-6,15-18,24,28-29H,1,7-14,19-22H2,2-3H3/b25-17-,26-18+. The Kier molecular flexibility index (Phi) is 7.86. The van der Waals surface area contributed by atoms with Crippen LogP contribution in [0.4, 0.5) is 0 Å². The van der Waals surface area contributed by atoms with Crippen molar-refractivity contribution in [3.05, 3.63) is 65.8 Å². The summed E-state index contributed by atoms with van der Waals surface area (Å²) in [6.07, 6.45) is 19.8. The number of allylic oxidation sites excluding steroid dienone is 5. The Labute approximate surface area is 195 Å². The van der Waals surface area contributed by atoms with E-state index < -0.39 is 0 Å². The van der Waals surface area contributed by atoms with Crippen LogP contribution in [0.2, 0.25) is 0 Å². The van der Waals surface area contributed by atoms with Gasteiger partial charge in [-0.25, -0.2) is 0 Å². The third-order valence-corrected chi connectivity index (χ3v) is 9.77. The first-order valence-corrected chi connectivity index (χ1v) is 13.8. The van der Waals surface area contributed by atoms with Gasteiger partial charge in [0.2, 0.25) is 0 Å². The normalized spacial score (nSPS) is 32.4. The number of thioether (sulfide) groups is 1. The average Bonchev–Trinajstić information content (AvgIpc) is 3.14. The third-order valence-electron chi connectivity index (χ3n) is 8.67. The molecule has 1 heteroatoms. The Morgan fingerprint density at radius 3 is 2.68 bits per heavy atom. The molecule has 0 aromatic heterocycles. The summed E-state index contributed by atoms with van der Waals surface area (Å²) >= 11 is 2.02. The van der Waals surface area contributed by atoms with Gasteiger partial charge in [0.15, 0.2) is 0 Å². The second kappa shape index (κ2) is 10.6. The molecule has 3 aliphatic rings. The largest absolute Gasteiger partial charge is 0.126 e. The number of hydrogen-bond donors (Lipinski definition) is 0. The molecule has 4 atom stereocenters. The molecule has 4 rings (SSSR count). The minimum Gasteiger partial charge on any atom is -0.126 e. The van der Waals surface area contributed by atoms with Crippen LogP contribution in [0.15, 0.2) is 70.7 Å². The lowest BCUT2D eigenvalue weighted by molar-refractivity contribution is 0.0941. The van der Waals surface area contributed by atoms with E-state index in [2.05, 4.69) is 62.9 Å². The third kappa shape index (κ3) is 5.41.